The van der Waals surface area contributed by atoms with E-state index in [0.717, 1.165) is 42.5 Å². The minimum Gasteiger partial charge on any atom is -0.337 e. The Morgan fingerprint density at radius 3 is 2.71 bits per heavy atom. The molecule has 0 spiro atoms. The van der Waals surface area contributed by atoms with Gasteiger partial charge in [0.05, 0.1) is 0 Å². The zero-order valence-electron chi connectivity index (χ0n) is 17.2. The van der Waals surface area contributed by atoms with Crippen molar-refractivity contribution in [2.75, 3.05) is 13.1 Å². The third-order valence-corrected chi connectivity index (χ3v) is 6.43. The SMILES string of the molecule is O=C(c1ccc(-c2ccccc2)c(F)c1)C1CCCN(C(=O)c2n[nH]c3c2CCC3)C1. The number of hydrogen-bond acceptors (Lipinski definition) is 3. The summed E-state index contributed by atoms with van der Waals surface area (Å²) in [4.78, 5) is 27.9. The Morgan fingerprint density at radius 2 is 1.90 bits per heavy atom. The molecule has 158 valence electrons. The topological polar surface area (TPSA) is 66.1 Å². The number of aromatic amines is 1. The number of Topliss-reactive ketones (excluding diaryl/α,β-unsaturated/α-hetero) is 1. The highest BCUT2D eigenvalue weighted by Crippen LogP contribution is 2.28. The quantitative estimate of drug-likeness (QED) is 0.638. The summed E-state index contributed by atoms with van der Waals surface area (Å²) in [5.41, 5.74) is 4.19. The molecule has 5 rings (SSSR count). The van der Waals surface area contributed by atoms with Gasteiger partial charge in [0.15, 0.2) is 11.5 Å². The monoisotopic (exact) mass is 417 g/mol. The van der Waals surface area contributed by atoms with E-state index in [1.54, 1.807) is 17.0 Å². The van der Waals surface area contributed by atoms with Gasteiger partial charge in [-0.2, -0.15) is 5.10 Å². The minimum atomic E-state index is -0.409. The molecule has 1 aromatic heterocycles. The van der Waals surface area contributed by atoms with Crippen molar-refractivity contribution in [2.24, 2.45) is 5.92 Å². The second-order valence-corrected chi connectivity index (χ2v) is 8.40. The number of H-pyrrole nitrogens is 1. The average Bonchev–Trinajstić information content (AvgIpc) is 3.43. The molecular formula is C25H24FN3O2. The van der Waals surface area contributed by atoms with Crippen LogP contribution < -0.4 is 0 Å². The number of aryl methyl sites for hydroxylation is 1. The van der Waals surface area contributed by atoms with Crippen LogP contribution in [0, 0.1) is 11.7 Å². The fourth-order valence-corrected chi connectivity index (χ4v) is 4.78. The van der Waals surface area contributed by atoms with Gasteiger partial charge in [0.1, 0.15) is 5.82 Å². The standard InChI is InChI=1S/C25H24FN3O2/c26-21-14-17(11-12-19(21)16-6-2-1-3-7-16)24(30)18-8-5-13-29(15-18)25(31)23-20-9-4-10-22(20)27-28-23/h1-3,6-7,11-12,14,18H,4-5,8-10,13,15H2,(H,27,28). The molecule has 1 aliphatic heterocycles. The summed E-state index contributed by atoms with van der Waals surface area (Å²) in [6.07, 6.45) is 4.29. The molecule has 0 bridgehead atoms. The van der Waals surface area contributed by atoms with E-state index in [-0.39, 0.29) is 17.6 Å². The Kier molecular flexibility index (Phi) is 5.14. The van der Waals surface area contributed by atoms with E-state index in [4.69, 9.17) is 0 Å². The molecule has 3 aromatic rings. The molecule has 2 aromatic carbocycles. The van der Waals surface area contributed by atoms with Crippen LogP contribution in [-0.4, -0.2) is 39.9 Å². The summed E-state index contributed by atoms with van der Waals surface area (Å²) in [7, 11) is 0. The fourth-order valence-electron chi connectivity index (χ4n) is 4.78. The van der Waals surface area contributed by atoms with E-state index in [0.29, 0.717) is 36.3 Å². The van der Waals surface area contributed by atoms with Crippen molar-refractivity contribution < 1.29 is 14.0 Å². The van der Waals surface area contributed by atoms with Crippen molar-refractivity contribution in [3.05, 3.63) is 76.9 Å². The lowest BCUT2D eigenvalue weighted by atomic mass is 9.89. The number of carbonyl (C=O) groups is 2. The third kappa shape index (κ3) is 3.67. The summed E-state index contributed by atoms with van der Waals surface area (Å²) < 4.78 is 14.8. The Morgan fingerprint density at radius 1 is 1.06 bits per heavy atom. The van der Waals surface area contributed by atoms with Crippen LogP contribution >= 0.6 is 0 Å². The Balaban J connectivity index is 1.32. The molecule has 2 heterocycles. The first-order valence-corrected chi connectivity index (χ1v) is 10.9. The van der Waals surface area contributed by atoms with Crippen LogP contribution in [0.3, 0.4) is 0 Å². The predicted molar refractivity (Wildman–Crippen MR) is 115 cm³/mol. The van der Waals surface area contributed by atoms with Crippen molar-refractivity contribution >= 4 is 11.7 Å². The molecule has 1 N–H and O–H groups in total. The fraction of sp³-hybridized carbons (Fsp3) is 0.320. The molecule has 1 fully saturated rings. The van der Waals surface area contributed by atoms with Gasteiger partial charge in [0.25, 0.3) is 5.91 Å². The smallest absolute Gasteiger partial charge is 0.274 e. The zero-order chi connectivity index (χ0) is 21.4. The molecule has 2 aliphatic rings. The van der Waals surface area contributed by atoms with Gasteiger partial charge in [0, 0.05) is 41.4 Å². The molecule has 6 heteroatoms. The van der Waals surface area contributed by atoms with E-state index in [2.05, 4.69) is 10.2 Å². The molecular weight excluding hydrogens is 393 g/mol. The van der Waals surface area contributed by atoms with E-state index in [9.17, 15) is 14.0 Å². The first-order valence-electron chi connectivity index (χ1n) is 10.9. The summed E-state index contributed by atoms with van der Waals surface area (Å²) in [6.45, 7) is 0.965. The molecule has 0 saturated carbocycles. The second kappa shape index (κ2) is 8.10. The summed E-state index contributed by atoms with van der Waals surface area (Å²) in [5.74, 6) is -0.953. The highest BCUT2D eigenvalue weighted by molar-refractivity contribution is 5.99. The van der Waals surface area contributed by atoms with Crippen LogP contribution in [0.2, 0.25) is 0 Å². The normalized spacial score (nSPS) is 18.1. The number of piperidine rings is 1. The van der Waals surface area contributed by atoms with E-state index >= 15 is 0 Å². The van der Waals surface area contributed by atoms with Crippen molar-refractivity contribution in [2.45, 2.75) is 32.1 Å². The highest BCUT2D eigenvalue weighted by Gasteiger charge is 2.32. The number of nitrogens with zero attached hydrogens (tertiary/aromatic N) is 2. The molecule has 1 atom stereocenters. The maximum atomic E-state index is 14.8. The number of ketones is 1. The molecule has 1 aliphatic carbocycles. The number of hydrogen-bond donors (Lipinski definition) is 1. The second-order valence-electron chi connectivity index (χ2n) is 8.40. The number of nitrogens with one attached hydrogen (secondary N) is 1. The number of amides is 1. The van der Waals surface area contributed by atoms with Gasteiger partial charge in [-0.3, -0.25) is 14.7 Å². The van der Waals surface area contributed by atoms with Gasteiger partial charge in [-0.1, -0.05) is 42.5 Å². The van der Waals surface area contributed by atoms with Crippen LogP contribution in [0.25, 0.3) is 11.1 Å². The maximum Gasteiger partial charge on any atom is 0.274 e. The number of likely N-dealkylation sites (tertiary alicyclic amines) is 1. The van der Waals surface area contributed by atoms with Crippen molar-refractivity contribution in [1.82, 2.24) is 15.1 Å². The van der Waals surface area contributed by atoms with Crippen molar-refractivity contribution in [1.29, 1.82) is 0 Å². The van der Waals surface area contributed by atoms with Crippen LogP contribution in [0.4, 0.5) is 4.39 Å². The largest absolute Gasteiger partial charge is 0.337 e. The molecule has 31 heavy (non-hydrogen) atoms. The van der Waals surface area contributed by atoms with E-state index < -0.39 is 5.82 Å². The molecule has 0 radical (unpaired) electrons. The van der Waals surface area contributed by atoms with Crippen LogP contribution in [0.15, 0.2) is 48.5 Å². The summed E-state index contributed by atoms with van der Waals surface area (Å²) >= 11 is 0. The van der Waals surface area contributed by atoms with Gasteiger partial charge in [0.2, 0.25) is 0 Å². The summed E-state index contributed by atoms with van der Waals surface area (Å²) in [6, 6.07) is 14.0. The van der Waals surface area contributed by atoms with Gasteiger partial charge < -0.3 is 4.90 Å². The first kappa shape index (κ1) is 19.7. The Bertz CT molecular complexity index is 1140. The lowest BCUT2D eigenvalue weighted by Gasteiger charge is -2.31. The zero-order valence-corrected chi connectivity index (χ0v) is 17.2. The van der Waals surface area contributed by atoms with Crippen LogP contribution in [0.1, 0.15) is 51.4 Å². The Labute approximate surface area is 180 Å². The van der Waals surface area contributed by atoms with E-state index in [1.807, 2.05) is 30.3 Å². The number of carbonyl (C=O) groups excluding carboxylic acids is 2. The average molecular weight is 417 g/mol. The lowest BCUT2D eigenvalue weighted by molar-refractivity contribution is 0.0631. The van der Waals surface area contributed by atoms with Crippen molar-refractivity contribution in [3.8, 4) is 11.1 Å². The number of fused-ring (bicyclic) bond motifs is 1. The molecule has 5 nitrogen and oxygen atoms in total. The van der Waals surface area contributed by atoms with Gasteiger partial charge in [-0.05, 0) is 43.7 Å². The first-order chi connectivity index (χ1) is 15.1. The number of halogens is 1. The predicted octanol–water partition coefficient (Wildman–Crippen LogP) is 4.44. The minimum absolute atomic E-state index is 0.108. The van der Waals surface area contributed by atoms with Gasteiger partial charge in [-0.25, -0.2) is 4.39 Å². The van der Waals surface area contributed by atoms with Gasteiger partial charge >= 0.3 is 0 Å². The van der Waals surface area contributed by atoms with E-state index in [1.165, 1.54) is 6.07 Å². The lowest BCUT2D eigenvalue weighted by Crippen LogP contribution is -2.42. The molecule has 1 unspecified atom stereocenters. The van der Waals surface area contributed by atoms with Crippen LogP contribution in [0.5, 0.6) is 0 Å². The number of benzene rings is 2. The molecule has 1 amide bonds. The maximum absolute atomic E-state index is 14.8. The van der Waals surface area contributed by atoms with Gasteiger partial charge in [-0.15, -0.1) is 0 Å². The van der Waals surface area contributed by atoms with Crippen LogP contribution in [-0.2, 0) is 12.8 Å². The molecule has 1 saturated heterocycles. The summed E-state index contributed by atoms with van der Waals surface area (Å²) in [5, 5.41) is 7.23. The Hall–Kier alpha value is -3.28. The third-order valence-electron chi connectivity index (χ3n) is 6.43. The number of rotatable bonds is 4. The van der Waals surface area contributed by atoms with Crippen molar-refractivity contribution in [3.63, 3.8) is 0 Å². The highest BCUT2D eigenvalue weighted by atomic mass is 19.1. The number of aromatic nitrogens is 2.